The van der Waals surface area contributed by atoms with Crippen molar-refractivity contribution in [3.8, 4) is 0 Å². The predicted molar refractivity (Wildman–Crippen MR) is 106 cm³/mol. The van der Waals surface area contributed by atoms with Gasteiger partial charge in [0, 0.05) is 5.92 Å². The molecular formula is C23H32O7. The lowest BCUT2D eigenvalue weighted by molar-refractivity contribution is -0.181. The van der Waals surface area contributed by atoms with Crippen LogP contribution < -0.4 is 0 Å². The fraction of sp³-hybridized carbons (Fsp3) is 0.783. The van der Waals surface area contributed by atoms with E-state index in [1.165, 1.54) is 21.3 Å². The van der Waals surface area contributed by atoms with Crippen molar-refractivity contribution in [2.75, 3.05) is 21.3 Å². The highest BCUT2D eigenvalue weighted by Crippen LogP contribution is 2.78. The molecular weight excluding hydrogens is 388 g/mol. The number of ether oxygens (including phenoxy) is 3. The summed E-state index contributed by atoms with van der Waals surface area (Å²) in [6, 6.07) is 0. The third-order valence-corrected chi connectivity index (χ3v) is 9.14. The number of esters is 3. The van der Waals surface area contributed by atoms with Crippen molar-refractivity contribution >= 4 is 17.9 Å². The highest BCUT2D eigenvalue weighted by atomic mass is 16.5. The van der Waals surface area contributed by atoms with Gasteiger partial charge in [-0.05, 0) is 62.4 Å². The summed E-state index contributed by atoms with van der Waals surface area (Å²) in [6.45, 7) is 5.93. The molecule has 4 saturated carbocycles. The molecule has 1 N–H and O–H groups in total. The summed E-state index contributed by atoms with van der Waals surface area (Å²) in [5, 5.41) is 11.2. The van der Waals surface area contributed by atoms with E-state index >= 15 is 0 Å². The predicted octanol–water partition coefficient (Wildman–Crippen LogP) is 2.41. The van der Waals surface area contributed by atoms with E-state index in [0.717, 1.165) is 0 Å². The average Bonchev–Trinajstić information content (AvgIpc) is 3.10. The lowest BCUT2D eigenvalue weighted by Crippen LogP contribution is -2.55. The Bertz CT molecular complexity index is 820. The molecule has 0 aromatic carbocycles. The maximum atomic E-state index is 13.5. The Labute approximate surface area is 177 Å². The number of hydrogen-bond donors (Lipinski definition) is 1. The summed E-state index contributed by atoms with van der Waals surface area (Å²) in [5.41, 5.74) is -3.06. The topological polar surface area (TPSA) is 99.1 Å². The standard InChI is InChI=1S/C23H32O7/c1-13-11-21-12-22(13,27)10-7-14(21)23(19(26)30-5)9-6-8-20(2,18(25)29-4)16(23)15(21)17(24)28-3/h14-16,27H,1,6-12H2,2-5H3/t14-,15-,16-,20-,21+,22+,23-/m1/s1. The molecule has 0 amide bonds. The van der Waals surface area contributed by atoms with Crippen molar-refractivity contribution in [2.24, 2.45) is 34.0 Å². The summed E-state index contributed by atoms with van der Waals surface area (Å²) >= 11 is 0. The molecule has 0 aromatic rings. The van der Waals surface area contributed by atoms with Crippen molar-refractivity contribution in [1.29, 1.82) is 0 Å². The fourth-order valence-corrected chi connectivity index (χ4v) is 8.22. The number of methoxy groups -OCH3 is 3. The fourth-order valence-electron chi connectivity index (χ4n) is 8.22. The molecule has 166 valence electrons. The van der Waals surface area contributed by atoms with E-state index in [1.807, 2.05) is 0 Å². The summed E-state index contributed by atoms with van der Waals surface area (Å²) < 4.78 is 15.8. The maximum absolute atomic E-state index is 13.5. The number of rotatable bonds is 3. The van der Waals surface area contributed by atoms with Gasteiger partial charge in [0.05, 0.1) is 43.7 Å². The van der Waals surface area contributed by atoms with Gasteiger partial charge in [-0.25, -0.2) is 0 Å². The van der Waals surface area contributed by atoms with Crippen molar-refractivity contribution in [3.05, 3.63) is 12.2 Å². The van der Waals surface area contributed by atoms with E-state index in [1.54, 1.807) is 6.92 Å². The second-order valence-corrected chi connectivity index (χ2v) is 10.1. The largest absolute Gasteiger partial charge is 0.469 e. The highest BCUT2D eigenvalue weighted by molar-refractivity contribution is 5.87. The normalized spacial score (nSPS) is 46.6. The lowest BCUT2D eigenvalue weighted by atomic mass is 9.52. The van der Waals surface area contributed by atoms with Crippen molar-refractivity contribution in [3.63, 3.8) is 0 Å². The first-order valence-corrected chi connectivity index (χ1v) is 10.7. The number of hydrogen-bond acceptors (Lipinski definition) is 7. The third-order valence-electron chi connectivity index (χ3n) is 9.14. The van der Waals surface area contributed by atoms with Crippen molar-refractivity contribution in [1.82, 2.24) is 0 Å². The first-order chi connectivity index (χ1) is 14.1. The smallest absolute Gasteiger partial charge is 0.312 e. The molecule has 7 atom stereocenters. The first kappa shape index (κ1) is 21.3. The second kappa shape index (κ2) is 6.55. The van der Waals surface area contributed by atoms with Gasteiger partial charge in [-0.3, -0.25) is 14.4 Å². The molecule has 0 saturated heterocycles. The minimum absolute atomic E-state index is 0.199. The van der Waals surface area contributed by atoms with Gasteiger partial charge in [0.1, 0.15) is 0 Å². The molecule has 7 nitrogen and oxygen atoms in total. The van der Waals surface area contributed by atoms with Crippen LogP contribution in [0.5, 0.6) is 0 Å². The molecule has 4 aliphatic rings. The molecule has 0 unspecified atom stereocenters. The van der Waals surface area contributed by atoms with E-state index in [2.05, 4.69) is 6.58 Å². The van der Waals surface area contributed by atoms with Crippen LogP contribution >= 0.6 is 0 Å². The molecule has 0 aromatic heterocycles. The molecule has 2 bridgehead atoms. The van der Waals surface area contributed by atoms with Crippen LogP contribution in [0.4, 0.5) is 0 Å². The Morgan fingerprint density at radius 3 is 2.30 bits per heavy atom. The molecule has 7 heteroatoms. The Morgan fingerprint density at radius 2 is 1.70 bits per heavy atom. The van der Waals surface area contributed by atoms with Crippen LogP contribution in [0.15, 0.2) is 12.2 Å². The summed E-state index contributed by atoms with van der Waals surface area (Å²) in [6.07, 6.45) is 3.59. The molecule has 1 spiro atoms. The first-order valence-electron chi connectivity index (χ1n) is 10.7. The van der Waals surface area contributed by atoms with Crippen molar-refractivity contribution in [2.45, 2.75) is 57.5 Å². The molecule has 0 heterocycles. The van der Waals surface area contributed by atoms with Gasteiger partial charge in [-0.1, -0.05) is 13.0 Å². The zero-order valence-electron chi connectivity index (χ0n) is 18.3. The summed E-state index contributed by atoms with van der Waals surface area (Å²) in [7, 11) is 4.04. The van der Waals surface area contributed by atoms with E-state index in [9.17, 15) is 19.5 Å². The van der Waals surface area contributed by atoms with Gasteiger partial charge >= 0.3 is 17.9 Å². The third kappa shape index (κ3) is 2.27. The van der Waals surface area contributed by atoms with Crippen LogP contribution in [-0.2, 0) is 28.6 Å². The van der Waals surface area contributed by atoms with Gasteiger partial charge in [0.2, 0.25) is 0 Å². The lowest BCUT2D eigenvalue weighted by Gasteiger charge is -2.50. The molecule has 4 rings (SSSR count). The SMILES string of the molecule is C=C1C[C@]23C[C@@]1(O)CC[C@H]2[C@]1(C(=O)OC)CCC[C@@](C)(C(=O)OC)[C@H]1[C@@H]3C(=O)OC. The Morgan fingerprint density at radius 1 is 1.03 bits per heavy atom. The van der Waals surface area contributed by atoms with Gasteiger partial charge in [0.25, 0.3) is 0 Å². The van der Waals surface area contributed by atoms with E-state index in [4.69, 9.17) is 14.2 Å². The highest BCUT2D eigenvalue weighted by Gasteiger charge is 2.80. The average molecular weight is 421 g/mol. The second-order valence-electron chi connectivity index (χ2n) is 10.1. The zero-order chi connectivity index (χ0) is 22.1. The van der Waals surface area contributed by atoms with Crippen LogP contribution in [0.2, 0.25) is 0 Å². The maximum Gasteiger partial charge on any atom is 0.312 e. The monoisotopic (exact) mass is 420 g/mol. The molecule has 4 aliphatic carbocycles. The molecule has 30 heavy (non-hydrogen) atoms. The van der Waals surface area contributed by atoms with E-state index < -0.39 is 45.6 Å². The zero-order valence-corrected chi connectivity index (χ0v) is 18.3. The Hall–Kier alpha value is -1.89. The van der Waals surface area contributed by atoms with Crippen molar-refractivity contribution < 1.29 is 33.7 Å². The van der Waals surface area contributed by atoms with Crippen LogP contribution in [0.25, 0.3) is 0 Å². The molecule has 0 radical (unpaired) electrons. The van der Waals surface area contributed by atoms with E-state index in [0.29, 0.717) is 50.5 Å². The quantitative estimate of drug-likeness (QED) is 0.425. The van der Waals surface area contributed by atoms with Gasteiger partial charge in [-0.2, -0.15) is 0 Å². The number of carbonyl (C=O) groups excluding carboxylic acids is 3. The molecule has 4 fully saturated rings. The Kier molecular flexibility index (Phi) is 4.66. The molecule has 0 aliphatic heterocycles. The Balaban J connectivity index is 2.01. The minimum atomic E-state index is -1.05. The summed E-state index contributed by atoms with van der Waals surface area (Å²) in [5.74, 6) is -2.77. The van der Waals surface area contributed by atoms with E-state index in [-0.39, 0.29) is 11.9 Å². The van der Waals surface area contributed by atoms with Crippen LogP contribution in [0.3, 0.4) is 0 Å². The minimum Gasteiger partial charge on any atom is -0.469 e. The number of aliphatic hydroxyl groups is 1. The van der Waals surface area contributed by atoms with Gasteiger partial charge < -0.3 is 19.3 Å². The number of carbonyl (C=O) groups is 3. The van der Waals surface area contributed by atoms with Gasteiger partial charge in [0.15, 0.2) is 0 Å². The van der Waals surface area contributed by atoms with Crippen LogP contribution in [0.1, 0.15) is 51.9 Å². The van der Waals surface area contributed by atoms with Crippen LogP contribution in [-0.4, -0.2) is 49.9 Å². The van der Waals surface area contributed by atoms with Gasteiger partial charge in [-0.15, -0.1) is 0 Å². The number of fused-ring (bicyclic) bond motifs is 3. The van der Waals surface area contributed by atoms with Crippen LogP contribution in [0, 0.1) is 34.0 Å². The summed E-state index contributed by atoms with van der Waals surface area (Å²) in [4.78, 5) is 39.9.